The van der Waals surface area contributed by atoms with Crippen LogP contribution in [0.15, 0.2) is 36.9 Å². The predicted octanol–water partition coefficient (Wildman–Crippen LogP) is 3.08. The molecule has 0 aliphatic rings. The smallest absolute Gasteiger partial charge is 0.323 e. The van der Waals surface area contributed by atoms with E-state index in [1.165, 1.54) is 20.2 Å². The van der Waals surface area contributed by atoms with Crippen LogP contribution in [0.1, 0.15) is 44.9 Å². The summed E-state index contributed by atoms with van der Waals surface area (Å²) in [6.07, 6.45) is 2.36. The molecule has 11 nitrogen and oxygen atoms in total. The maximum atomic E-state index is 13.9. The highest BCUT2D eigenvalue weighted by Gasteiger charge is 2.37. The number of nitrogen functional groups attached to an aromatic ring is 1. The normalized spacial score (nSPS) is 15.7. The largest absolute Gasteiger partial charge is 0.480 e. The molecule has 0 radical (unpaired) electrons. The number of rotatable bonds is 11. The molecule has 1 aromatic carbocycles. The Morgan fingerprint density at radius 1 is 1.24 bits per heavy atom. The lowest BCUT2D eigenvalue weighted by atomic mass is 10.1. The number of anilines is 1. The number of aromatic nitrogens is 4. The van der Waals surface area contributed by atoms with Crippen LogP contribution in [-0.2, 0) is 20.6 Å². The van der Waals surface area contributed by atoms with Crippen molar-refractivity contribution < 1.29 is 19.2 Å². The van der Waals surface area contributed by atoms with Gasteiger partial charge in [0.25, 0.3) is 0 Å². The van der Waals surface area contributed by atoms with E-state index < -0.39 is 19.0 Å². The molecule has 0 saturated carbocycles. The maximum Gasteiger partial charge on any atom is 0.323 e. The molecule has 3 aromatic rings. The Hall–Kier alpha value is -2.85. The molecular formula is C22H32N7O4P. The number of nitrogens with one attached hydrogen (secondary N) is 2. The van der Waals surface area contributed by atoms with Crippen LogP contribution in [0.4, 0.5) is 5.82 Å². The van der Waals surface area contributed by atoms with Gasteiger partial charge in [-0.1, -0.05) is 29.8 Å². The quantitative estimate of drug-likeness (QED) is 0.295. The van der Waals surface area contributed by atoms with Crippen molar-refractivity contribution in [3.63, 3.8) is 0 Å². The number of carboxylic acids is 1. The fourth-order valence-electron chi connectivity index (χ4n) is 3.44. The minimum atomic E-state index is -3.50. The first-order valence-corrected chi connectivity index (χ1v) is 12.8. The Kier molecular flexibility index (Phi) is 7.72. The summed E-state index contributed by atoms with van der Waals surface area (Å²) in [5.74, 6) is -0.830. The number of aliphatic carboxylic acids is 1. The van der Waals surface area contributed by atoms with Gasteiger partial charge in [0.1, 0.15) is 23.7 Å². The maximum absolute atomic E-state index is 13.9. The summed E-state index contributed by atoms with van der Waals surface area (Å²) in [7, 11) is -3.50. The third-order valence-electron chi connectivity index (χ3n) is 5.40. The molecule has 3 atom stereocenters. The van der Waals surface area contributed by atoms with Crippen LogP contribution in [0, 0.1) is 6.92 Å². The Bertz CT molecular complexity index is 1200. The van der Waals surface area contributed by atoms with E-state index in [2.05, 4.69) is 25.1 Å². The first-order chi connectivity index (χ1) is 15.9. The summed E-state index contributed by atoms with van der Waals surface area (Å²) < 4.78 is 21.6. The van der Waals surface area contributed by atoms with E-state index in [1.54, 1.807) is 10.9 Å². The zero-order valence-electron chi connectivity index (χ0n) is 20.0. The molecule has 0 spiro atoms. The van der Waals surface area contributed by atoms with Crippen LogP contribution < -0.4 is 15.9 Å². The minimum absolute atomic E-state index is 0.217. The van der Waals surface area contributed by atoms with Gasteiger partial charge in [0.05, 0.1) is 19.0 Å². The van der Waals surface area contributed by atoms with Gasteiger partial charge in [-0.25, -0.2) is 25.1 Å². The molecule has 0 fully saturated rings. The number of hydrogen-bond donors (Lipinski definition) is 4. The van der Waals surface area contributed by atoms with Crippen molar-refractivity contribution >= 4 is 30.4 Å². The number of ether oxygens (including phenoxy) is 1. The molecule has 5 N–H and O–H groups in total. The van der Waals surface area contributed by atoms with E-state index in [9.17, 15) is 14.5 Å². The summed E-state index contributed by atoms with van der Waals surface area (Å²) in [6.45, 7) is 8.99. The van der Waals surface area contributed by atoms with Crippen LogP contribution in [0.25, 0.3) is 11.2 Å². The number of fused-ring (bicyclic) bond motifs is 1. The highest BCUT2D eigenvalue weighted by atomic mass is 31.2. The zero-order valence-corrected chi connectivity index (χ0v) is 20.9. The molecule has 0 aliphatic heterocycles. The highest BCUT2D eigenvalue weighted by Crippen LogP contribution is 2.42. The van der Waals surface area contributed by atoms with E-state index in [0.717, 1.165) is 11.1 Å². The van der Waals surface area contributed by atoms with Gasteiger partial charge >= 0.3 is 5.97 Å². The fraction of sp³-hybridized carbons (Fsp3) is 0.455. The highest BCUT2D eigenvalue weighted by molar-refractivity contribution is 7.59. The molecule has 0 aliphatic carbocycles. The van der Waals surface area contributed by atoms with Gasteiger partial charge in [-0.3, -0.25) is 9.36 Å². The third-order valence-corrected chi connectivity index (χ3v) is 7.64. The number of imidazole rings is 1. The van der Waals surface area contributed by atoms with Crippen molar-refractivity contribution in [1.82, 2.24) is 29.7 Å². The van der Waals surface area contributed by atoms with E-state index in [4.69, 9.17) is 10.5 Å². The van der Waals surface area contributed by atoms with E-state index in [1.807, 2.05) is 45.0 Å². The first-order valence-electron chi connectivity index (χ1n) is 10.9. The summed E-state index contributed by atoms with van der Waals surface area (Å²) in [6, 6.07) is 7.52. The van der Waals surface area contributed by atoms with Crippen molar-refractivity contribution in [3.05, 3.63) is 48.0 Å². The lowest BCUT2D eigenvalue weighted by Crippen LogP contribution is -2.47. The first kappa shape index (κ1) is 25.8. The van der Waals surface area contributed by atoms with Gasteiger partial charge in [0, 0.05) is 6.04 Å². The van der Waals surface area contributed by atoms with Crippen molar-refractivity contribution in [3.8, 4) is 0 Å². The molecule has 0 bridgehead atoms. The van der Waals surface area contributed by atoms with Crippen LogP contribution in [-0.4, -0.2) is 48.6 Å². The van der Waals surface area contributed by atoms with Crippen LogP contribution in [0.5, 0.6) is 0 Å². The van der Waals surface area contributed by atoms with Crippen molar-refractivity contribution in [2.45, 2.75) is 58.8 Å². The Balaban J connectivity index is 1.74. The molecule has 0 saturated heterocycles. The third kappa shape index (κ3) is 6.18. The molecule has 0 unspecified atom stereocenters. The van der Waals surface area contributed by atoms with Gasteiger partial charge in [0.2, 0.25) is 7.44 Å². The summed E-state index contributed by atoms with van der Waals surface area (Å²) in [5.41, 5.74) is 7.52. The molecular weight excluding hydrogens is 457 g/mol. The second-order valence-electron chi connectivity index (χ2n) is 8.98. The van der Waals surface area contributed by atoms with E-state index in [0.29, 0.717) is 17.7 Å². The second-order valence-corrected chi connectivity index (χ2v) is 11.2. The Labute approximate surface area is 198 Å². The Morgan fingerprint density at radius 2 is 1.91 bits per heavy atom. The molecule has 34 heavy (non-hydrogen) atoms. The number of nitrogens with two attached hydrogens (primary N) is 1. The van der Waals surface area contributed by atoms with Crippen LogP contribution in [0.2, 0.25) is 0 Å². The number of benzene rings is 1. The second kappa shape index (κ2) is 10.2. The molecule has 2 aromatic heterocycles. The standard InChI is InChI=1S/C22H32N7O4P/c1-14-6-8-17(9-7-14)16(3)27-34(32,28-22(4,5)21(30)31)13-33-15(2)10-29-12-26-18-19(23)24-11-25-20(18)29/h6-9,11-12,15-16H,10,13H2,1-5H3,(H,30,31)(H2,23,24,25)(H2,27,28,32)/t15-,16-,34+/m1/s1. The van der Waals surface area contributed by atoms with Gasteiger partial charge < -0.3 is 20.1 Å². The molecule has 184 valence electrons. The van der Waals surface area contributed by atoms with E-state index >= 15 is 0 Å². The number of aryl methyl sites for hydroxylation is 1. The average Bonchev–Trinajstić information content (AvgIpc) is 3.16. The molecule has 2 heterocycles. The lowest BCUT2D eigenvalue weighted by Gasteiger charge is -2.32. The topological polar surface area (TPSA) is 157 Å². The van der Waals surface area contributed by atoms with Crippen molar-refractivity contribution in [2.24, 2.45) is 0 Å². The van der Waals surface area contributed by atoms with E-state index in [-0.39, 0.29) is 24.3 Å². The Morgan fingerprint density at radius 3 is 2.56 bits per heavy atom. The summed E-state index contributed by atoms with van der Waals surface area (Å²) in [5, 5.41) is 15.5. The van der Waals surface area contributed by atoms with Crippen LogP contribution >= 0.6 is 7.44 Å². The summed E-state index contributed by atoms with van der Waals surface area (Å²) >= 11 is 0. The predicted molar refractivity (Wildman–Crippen MR) is 130 cm³/mol. The number of carbonyl (C=O) groups is 1. The average molecular weight is 490 g/mol. The molecule has 0 amide bonds. The lowest BCUT2D eigenvalue weighted by molar-refractivity contribution is -0.142. The fourth-order valence-corrected chi connectivity index (χ4v) is 5.88. The van der Waals surface area contributed by atoms with Gasteiger partial charge in [-0.2, -0.15) is 0 Å². The number of nitrogens with zero attached hydrogens (tertiary/aromatic N) is 4. The van der Waals surface area contributed by atoms with Crippen molar-refractivity contribution in [2.75, 3.05) is 12.1 Å². The minimum Gasteiger partial charge on any atom is -0.480 e. The monoisotopic (exact) mass is 489 g/mol. The molecule has 3 rings (SSSR count). The van der Waals surface area contributed by atoms with Gasteiger partial charge in [0.15, 0.2) is 11.5 Å². The number of carboxylic acid groups (broad SMARTS) is 1. The SMILES string of the molecule is Cc1ccc([C@@H](C)N[P@@](=O)(CO[C@H](C)Cn2cnc3c(N)ncnc32)NC(C)(C)C(=O)O)cc1. The number of hydrogen-bond acceptors (Lipinski definition) is 7. The van der Waals surface area contributed by atoms with Gasteiger partial charge in [-0.05, 0) is 40.2 Å². The summed E-state index contributed by atoms with van der Waals surface area (Å²) in [4.78, 5) is 24.1. The molecule has 12 heteroatoms. The van der Waals surface area contributed by atoms with Crippen molar-refractivity contribution in [1.29, 1.82) is 0 Å². The zero-order chi connectivity index (χ0) is 25.1. The van der Waals surface area contributed by atoms with Gasteiger partial charge in [-0.15, -0.1) is 0 Å². The van der Waals surface area contributed by atoms with Crippen LogP contribution in [0.3, 0.4) is 0 Å².